The topological polar surface area (TPSA) is 83.6 Å². The maximum atomic E-state index is 12.3. The fourth-order valence-electron chi connectivity index (χ4n) is 2.46. The van der Waals surface area contributed by atoms with Crippen LogP contribution in [0.1, 0.15) is 29.8 Å². The van der Waals surface area contributed by atoms with Gasteiger partial charge in [0.05, 0.1) is 5.56 Å². The van der Waals surface area contributed by atoms with Gasteiger partial charge in [0.1, 0.15) is 11.6 Å². The number of carbonyl (C=O) groups excluding carboxylic acids is 2. The lowest BCUT2D eigenvalue weighted by atomic mass is 10.2. The molecule has 0 saturated carbocycles. The molecule has 7 nitrogen and oxygen atoms in total. The Kier molecular flexibility index (Phi) is 7.61. The van der Waals surface area contributed by atoms with Crippen LogP contribution >= 0.6 is 0 Å². The molecule has 2 rings (SSSR count). The maximum Gasteiger partial charge on any atom is 0.257 e. The molecule has 144 valence electrons. The van der Waals surface area contributed by atoms with E-state index in [-0.39, 0.29) is 18.4 Å². The van der Waals surface area contributed by atoms with Crippen LogP contribution < -0.4 is 20.3 Å². The fourth-order valence-corrected chi connectivity index (χ4v) is 2.46. The van der Waals surface area contributed by atoms with Gasteiger partial charge in [0.2, 0.25) is 0 Å². The number of likely N-dealkylation sites (N-methyl/N-ethyl adjacent to an activating group) is 1. The molecule has 0 bridgehead atoms. The van der Waals surface area contributed by atoms with Crippen molar-refractivity contribution in [1.29, 1.82) is 0 Å². The molecule has 0 aliphatic carbocycles. The van der Waals surface area contributed by atoms with Gasteiger partial charge in [-0.2, -0.15) is 0 Å². The number of benzene rings is 1. The Hall–Kier alpha value is -3.09. The molecule has 0 radical (unpaired) electrons. The van der Waals surface area contributed by atoms with E-state index in [1.54, 1.807) is 31.4 Å². The molecule has 0 unspecified atom stereocenters. The van der Waals surface area contributed by atoms with Crippen LogP contribution in [0.5, 0.6) is 5.75 Å². The van der Waals surface area contributed by atoms with Crippen LogP contribution in [0.4, 0.5) is 5.82 Å². The zero-order valence-electron chi connectivity index (χ0n) is 16.0. The molecule has 0 saturated heterocycles. The first-order valence-corrected chi connectivity index (χ1v) is 8.98. The van der Waals surface area contributed by atoms with Crippen molar-refractivity contribution in [3.05, 3.63) is 53.7 Å². The molecule has 0 aliphatic heterocycles. The van der Waals surface area contributed by atoms with Crippen molar-refractivity contribution in [2.24, 2.45) is 0 Å². The van der Waals surface area contributed by atoms with Gasteiger partial charge in [-0.25, -0.2) is 4.98 Å². The van der Waals surface area contributed by atoms with Crippen molar-refractivity contribution in [2.75, 3.05) is 31.6 Å². The summed E-state index contributed by atoms with van der Waals surface area (Å²) in [5.41, 5.74) is 1.46. The van der Waals surface area contributed by atoms with Crippen LogP contribution in [0.15, 0.2) is 42.6 Å². The second-order valence-electron chi connectivity index (χ2n) is 5.87. The Bertz CT molecular complexity index is 741. The van der Waals surface area contributed by atoms with E-state index in [4.69, 9.17) is 4.74 Å². The van der Waals surface area contributed by atoms with Crippen LogP contribution in [0.2, 0.25) is 0 Å². The zero-order valence-corrected chi connectivity index (χ0v) is 16.0. The van der Waals surface area contributed by atoms with Crippen LogP contribution in [0, 0.1) is 0 Å². The Morgan fingerprint density at radius 2 is 1.78 bits per heavy atom. The number of nitrogens with zero attached hydrogens (tertiary/aromatic N) is 2. The molecule has 0 fully saturated rings. The smallest absolute Gasteiger partial charge is 0.257 e. The predicted molar refractivity (Wildman–Crippen MR) is 105 cm³/mol. The lowest BCUT2D eigenvalue weighted by Crippen LogP contribution is -2.25. The average molecular weight is 370 g/mol. The average Bonchev–Trinajstić information content (AvgIpc) is 2.72. The quantitative estimate of drug-likeness (QED) is 0.705. The summed E-state index contributed by atoms with van der Waals surface area (Å²) in [5.74, 6) is 1.11. The predicted octanol–water partition coefficient (Wildman–Crippen LogP) is 1.98. The molecule has 2 amide bonds. The summed E-state index contributed by atoms with van der Waals surface area (Å²) in [6, 6.07) is 10.9. The largest absolute Gasteiger partial charge is 0.484 e. The SMILES string of the molecule is CCN(CC)c1ccc(C(=O)NCc2ccc(OCC(=O)NC)cc2)cn1. The fraction of sp³-hybridized carbons (Fsp3) is 0.350. The summed E-state index contributed by atoms with van der Waals surface area (Å²) < 4.78 is 5.35. The van der Waals surface area contributed by atoms with Gasteiger partial charge >= 0.3 is 0 Å². The highest BCUT2D eigenvalue weighted by molar-refractivity contribution is 5.94. The van der Waals surface area contributed by atoms with E-state index in [1.165, 1.54) is 0 Å². The standard InChI is InChI=1S/C20H26N4O3/c1-4-24(5-2)18-11-8-16(13-22-18)20(26)23-12-15-6-9-17(10-7-15)27-14-19(25)21-3/h6-11,13H,4-5,12,14H2,1-3H3,(H,21,25)(H,23,26). The molecule has 1 aromatic heterocycles. The molecule has 0 spiro atoms. The lowest BCUT2D eigenvalue weighted by Gasteiger charge is -2.19. The van der Waals surface area contributed by atoms with E-state index in [0.29, 0.717) is 17.9 Å². The maximum absolute atomic E-state index is 12.3. The summed E-state index contributed by atoms with van der Waals surface area (Å²) in [6.45, 7) is 6.26. The number of ether oxygens (including phenoxy) is 1. The number of hydrogen-bond donors (Lipinski definition) is 2. The third-order valence-corrected chi connectivity index (χ3v) is 4.12. The van der Waals surface area contributed by atoms with Crippen molar-refractivity contribution in [3.63, 3.8) is 0 Å². The zero-order chi connectivity index (χ0) is 19.6. The first-order valence-electron chi connectivity index (χ1n) is 8.98. The molecule has 0 aliphatic rings. The second-order valence-corrected chi connectivity index (χ2v) is 5.87. The molecule has 1 heterocycles. The number of pyridine rings is 1. The summed E-state index contributed by atoms with van der Waals surface area (Å²) in [7, 11) is 1.56. The molecular formula is C20H26N4O3. The van der Waals surface area contributed by atoms with E-state index >= 15 is 0 Å². The minimum Gasteiger partial charge on any atom is -0.484 e. The molecule has 2 aromatic rings. The van der Waals surface area contributed by atoms with Crippen molar-refractivity contribution >= 4 is 17.6 Å². The highest BCUT2D eigenvalue weighted by atomic mass is 16.5. The van der Waals surface area contributed by atoms with E-state index in [0.717, 1.165) is 24.5 Å². The molecule has 27 heavy (non-hydrogen) atoms. The highest BCUT2D eigenvalue weighted by Crippen LogP contribution is 2.13. The molecule has 1 aromatic carbocycles. The van der Waals surface area contributed by atoms with Crippen molar-refractivity contribution in [3.8, 4) is 5.75 Å². The van der Waals surface area contributed by atoms with Crippen molar-refractivity contribution in [1.82, 2.24) is 15.6 Å². The second kappa shape index (κ2) is 10.2. The third kappa shape index (κ3) is 5.99. The minimum absolute atomic E-state index is 0.0247. The lowest BCUT2D eigenvalue weighted by molar-refractivity contribution is -0.122. The number of aromatic nitrogens is 1. The van der Waals surface area contributed by atoms with Crippen LogP contribution in [0.25, 0.3) is 0 Å². The van der Waals surface area contributed by atoms with E-state index in [2.05, 4.69) is 34.4 Å². The number of carbonyl (C=O) groups is 2. The van der Waals surface area contributed by atoms with Crippen molar-refractivity contribution < 1.29 is 14.3 Å². The number of amides is 2. The number of anilines is 1. The van der Waals surface area contributed by atoms with Gasteiger partial charge in [-0.3, -0.25) is 9.59 Å². The molecular weight excluding hydrogens is 344 g/mol. The van der Waals surface area contributed by atoms with Crippen LogP contribution in [-0.2, 0) is 11.3 Å². The summed E-state index contributed by atoms with van der Waals surface area (Å²) in [4.78, 5) is 29.9. The van der Waals surface area contributed by atoms with Gasteiger partial charge in [-0.1, -0.05) is 12.1 Å². The minimum atomic E-state index is -0.188. The molecule has 0 atom stereocenters. The summed E-state index contributed by atoms with van der Waals surface area (Å²) in [6.07, 6.45) is 1.60. The Balaban J connectivity index is 1.87. The van der Waals surface area contributed by atoms with Gasteiger partial charge in [0, 0.05) is 32.9 Å². The Morgan fingerprint density at radius 1 is 1.07 bits per heavy atom. The first-order chi connectivity index (χ1) is 13.1. The van der Waals surface area contributed by atoms with Gasteiger partial charge in [-0.05, 0) is 43.7 Å². The van der Waals surface area contributed by atoms with Gasteiger partial charge in [-0.15, -0.1) is 0 Å². The normalized spacial score (nSPS) is 10.2. The monoisotopic (exact) mass is 370 g/mol. The number of hydrogen-bond acceptors (Lipinski definition) is 5. The highest BCUT2D eigenvalue weighted by Gasteiger charge is 2.08. The number of rotatable bonds is 9. The van der Waals surface area contributed by atoms with Gasteiger partial charge in [0.25, 0.3) is 11.8 Å². The first kappa shape index (κ1) is 20.2. The van der Waals surface area contributed by atoms with Crippen LogP contribution in [-0.4, -0.2) is 43.5 Å². The summed E-state index contributed by atoms with van der Waals surface area (Å²) >= 11 is 0. The van der Waals surface area contributed by atoms with E-state index < -0.39 is 0 Å². The third-order valence-electron chi connectivity index (χ3n) is 4.12. The Morgan fingerprint density at radius 3 is 2.33 bits per heavy atom. The number of nitrogens with one attached hydrogen (secondary N) is 2. The van der Waals surface area contributed by atoms with Crippen LogP contribution in [0.3, 0.4) is 0 Å². The van der Waals surface area contributed by atoms with E-state index in [1.807, 2.05) is 18.2 Å². The van der Waals surface area contributed by atoms with Crippen molar-refractivity contribution in [2.45, 2.75) is 20.4 Å². The Labute approximate surface area is 159 Å². The molecule has 2 N–H and O–H groups in total. The van der Waals surface area contributed by atoms with Gasteiger partial charge < -0.3 is 20.3 Å². The summed E-state index contributed by atoms with van der Waals surface area (Å²) in [5, 5.41) is 5.37. The van der Waals surface area contributed by atoms with E-state index in [9.17, 15) is 9.59 Å². The molecule has 7 heteroatoms. The van der Waals surface area contributed by atoms with Gasteiger partial charge in [0.15, 0.2) is 6.61 Å².